The molecular weight excluding hydrogens is 444 g/mol. The summed E-state index contributed by atoms with van der Waals surface area (Å²) in [5, 5.41) is 15.0. The van der Waals surface area contributed by atoms with Crippen molar-refractivity contribution in [2.24, 2.45) is 11.8 Å². The molecule has 0 spiro atoms. The van der Waals surface area contributed by atoms with E-state index < -0.39 is 29.4 Å². The van der Waals surface area contributed by atoms with Gasteiger partial charge in [0.15, 0.2) is 0 Å². The molecular formula is C28H34N2O5. The predicted molar refractivity (Wildman–Crippen MR) is 133 cm³/mol. The maximum absolute atomic E-state index is 13.0. The van der Waals surface area contributed by atoms with E-state index in [4.69, 9.17) is 4.74 Å². The first-order chi connectivity index (χ1) is 16.8. The van der Waals surface area contributed by atoms with Crippen LogP contribution in [0.15, 0.2) is 48.5 Å². The maximum atomic E-state index is 13.0. The first-order valence-electron chi connectivity index (χ1n) is 12.5. The van der Waals surface area contributed by atoms with E-state index in [1.807, 2.05) is 31.2 Å². The Kier molecular flexibility index (Phi) is 7.43. The van der Waals surface area contributed by atoms with Crippen molar-refractivity contribution >= 4 is 18.0 Å². The molecule has 2 aromatic carbocycles. The van der Waals surface area contributed by atoms with Crippen LogP contribution in [0.4, 0.5) is 4.79 Å². The number of benzene rings is 2. The van der Waals surface area contributed by atoms with Crippen molar-refractivity contribution in [3.05, 3.63) is 59.7 Å². The zero-order chi connectivity index (χ0) is 25.0. The minimum absolute atomic E-state index is 0.0519. The maximum Gasteiger partial charge on any atom is 0.408 e. The number of amides is 2. The van der Waals surface area contributed by atoms with E-state index in [2.05, 4.69) is 34.9 Å². The summed E-state index contributed by atoms with van der Waals surface area (Å²) in [6.45, 7) is 3.80. The van der Waals surface area contributed by atoms with Gasteiger partial charge in [-0.3, -0.25) is 9.59 Å². The Morgan fingerprint density at radius 2 is 1.66 bits per heavy atom. The molecule has 35 heavy (non-hydrogen) atoms. The summed E-state index contributed by atoms with van der Waals surface area (Å²) in [6.07, 6.45) is 3.08. The summed E-state index contributed by atoms with van der Waals surface area (Å²) >= 11 is 0. The first kappa shape index (κ1) is 24.8. The summed E-state index contributed by atoms with van der Waals surface area (Å²) in [6, 6.07) is 16.2. The molecule has 2 aromatic rings. The molecule has 4 rings (SSSR count). The van der Waals surface area contributed by atoms with E-state index >= 15 is 0 Å². The molecule has 2 amide bonds. The normalized spacial score (nSPS) is 17.0. The van der Waals surface area contributed by atoms with Crippen LogP contribution >= 0.6 is 0 Å². The standard InChI is InChI=1S/C28H34N2O5/c1-3-14-28(2,26(33)29-16-19(25(31)32)15-18-12-13-18)30-27(34)35-17-24-22-10-6-4-8-20(22)21-9-5-7-11-23(21)24/h4-11,18-19,24H,3,12-17H2,1-2H3,(H,29,33)(H,30,34)(H,31,32). The number of carbonyl (C=O) groups is 3. The molecule has 0 aliphatic heterocycles. The van der Waals surface area contributed by atoms with Gasteiger partial charge in [-0.1, -0.05) is 74.7 Å². The molecule has 0 radical (unpaired) electrons. The van der Waals surface area contributed by atoms with Gasteiger partial charge in [-0.05, 0) is 47.9 Å². The largest absolute Gasteiger partial charge is 0.481 e. The number of hydrogen-bond acceptors (Lipinski definition) is 4. The molecule has 3 N–H and O–H groups in total. The summed E-state index contributed by atoms with van der Waals surface area (Å²) in [5.41, 5.74) is 3.33. The number of hydrogen-bond donors (Lipinski definition) is 3. The molecule has 2 aliphatic rings. The van der Waals surface area contributed by atoms with Gasteiger partial charge in [-0.15, -0.1) is 0 Å². The topological polar surface area (TPSA) is 105 Å². The van der Waals surface area contributed by atoms with Gasteiger partial charge in [0.05, 0.1) is 5.92 Å². The quantitative estimate of drug-likeness (QED) is 0.434. The molecule has 7 heteroatoms. The van der Waals surface area contributed by atoms with E-state index in [1.54, 1.807) is 6.92 Å². The summed E-state index contributed by atoms with van der Waals surface area (Å²) in [7, 11) is 0. The lowest BCUT2D eigenvalue weighted by Crippen LogP contribution is -2.57. The van der Waals surface area contributed by atoms with Crippen LogP contribution in [-0.2, 0) is 14.3 Å². The van der Waals surface area contributed by atoms with E-state index in [-0.39, 0.29) is 19.1 Å². The SMILES string of the molecule is CCCC(C)(NC(=O)OCC1c2ccccc2-c2ccccc21)C(=O)NCC(CC1CC1)C(=O)O. The van der Waals surface area contributed by atoms with E-state index in [9.17, 15) is 19.5 Å². The zero-order valence-corrected chi connectivity index (χ0v) is 20.4. The monoisotopic (exact) mass is 478 g/mol. The molecule has 2 aliphatic carbocycles. The smallest absolute Gasteiger partial charge is 0.408 e. The molecule has 0 aromatic heterocycles. The number of alkyl carbamates (subject to hydrolysis) is 1. The van der Waals surface area contributed by atoms with Crippen LogP contribution in [0.3, 0.4) is 0 Å². The number of carboxylic acids is 1. The Bertz CT molecular complexity index is 1050. The average molecular weight is 479 g/mol. The number of carbonyl (C=O) groups excluding carboxylic acids is 2. The fourth-order valence-corrected chi connectivity index (χ4v) is 5.03. The Balaban J connectivity index is 1.38. The molecule has 0 bridgehead atoms. The van der Waals surface area contributed by atoms with Gasteiger partial charge >= 0.3 is 12.1 Å². The van der Waals surface area contributed by atoms with Crippen LogP contribution in [0.25, 0.3) is 11.1 Å². The highest BCUT2D eigenvalue weighted by Crippen LogP contribution is 2.44. The van der Waals surface area contributed by atoms with Crippen LogP contribution in [0.5, 0.6) is 0 Å². The van der Waals surface area contributed by atoms with Gasteiger partial charge in [-0.2, -0.15) is 0 Å². The van der Waals surface area contributed by atoms with E-state index in [1.165, 1.54) is 0 Å². The lowest BCUT2D eigenvalue weighted by atomic mass is 9.94. The number of aliphatic carboxylic acids is 1. The van der Waals surface area contributed by atoms with E-state index in [0.29, 0.717) is 25.2 Å². The lowest BCUT2D eigenvalue weighted by molar-refractivity contribution is -0.142. The number of carboxylic acid groups (broad SMARTS) is 1. The van der Waals surface area contributed by atoms with Gasteiger partial charge < -0.3 is 20.5 Å². The fraction of sp³-hybridized carbons (Fsp3) is 0.464. The number of fused-ring (bicyclic) bond motifs is 3. The second kappa shape index (κ2) is 10.5. The Hall–Kier alpha value is -3.35. The number of rotatable bonds is 11. The van der Waals surface area contributed by atoms with Crippen molar-refractivity contribution in [2.75, 3.05) is 13.2 Å². The molecule has 1 fully saturated rings. The van der Waals surface area contributed by atoms with E-state index in [0.717, 1.165) is 35.1 Å². The summed E-state index contributed by atoms with van der Waals surface area (Å²) in [4.78, 5) is 37.4. The summed E-state index contributed by atoms with van der Waals surface area (Å²) < 4.78 is 5.63. The van der Waals surface area contributed by atoms with Crippen LogP contribution in [0, 0.1) is 11.8 Å². The van der Waals surface area contributed by atoms with Gasteiger partial charge in [-0.25, -0.2) is 4.79 Å². The summed E-state index contributed by atoms with van der Waals surface area (Å²) in [5.74, 6) is -1.55. The van der Waals surface area contributed by atoms with Crippen molar-refractivity contribution in [1.29, 1.82) is 0 Å². The Morgan fingerprint density at radius 1 is 1.06 bits per heavy atom. The van der Waals surface area contributed by atoms with Gasteiger partial charge in [0.25, 0.3) is 0 Å². The predicted octanol–water partition coefficient (Wildman–Crippen LogP) is 4.70. The minimum atomic E-state index is -1.19. The lowest BCUT2D eigenvalue weighted by Gasteiger charge is -2.29. The van der Waals surface area contributed by atoms with Crippen molar-refractivity contribution in [3.63, 3.8) is 0 Å². The molecule has 2 atom stereocenters. The van der Waals surface area contributed by atoms with Gasteiger partial charge in [0.2, 0.25) is 5.91 Å². The second-order valence-electron chi connectivity index (χ2n) is 9.96. The highest BCUT2D eigenvalue weighted by atomic mass is 16.5. The van der Waals surface area contributed by atoms with Crippen LogP contribution in [0.2, 0.25) is 0 Å². The third kappa shape index (κ3) is 5.66. The fourth-order valence-electron chi connectivity index (χ4n) is 5.03. The van der Waals surface area contributed by atoms with Crippen molar-refractivity contribution in [1.82, 2.24) is 10.6 Å². The molecule has 186 valence electrons. The Labute approximate surface area is 206 Å². The van der Waals surface area contributed by atoms with Gasteiger partial charge in [0, 0.05) is 12.5 Å². The second-order valence-corrected chi connectivity index (χ2v) is 9.96. The zero-order valence-electron chi connectivity index (χ0n) is 20.4. The minimum Gasteiger partial charge on any atom is -0.481 e. The van der Waals surface area contributed by atoms with Crippen molar-refractivity contribution in [3.8, 4) is 11.1 Å². The van der Waals surface area contributed by atoms with Crippen molar-refractivity contribution in [2.45, 2.75) is 57.4 Å². The molecule has 1 saturated carbocycles. The Morgan fingerprint density at radius 3 is 2.20 bits per heavy atom. The number of ether oxygens (including phenoxy) is 1. The third-order valence-electron chi connectivity index (χ3n) is 7.15. The highest BCUT2D eigenvalue weighted by Gasteiger charge is 2.37. The molecule has 0 heterocycles. The van der Waals surface area contributed by atoms with Crippen molar-refractivity contribution < 1.29 is 24.2 Å². The number of nitrogens with one attached hydrogen (secondary N) is 2. The molecule has 7 nitrogen and oxygen atoms in total. The third-order valence-corrected chi connectivity index (χ3v) is 7.15. The van der Waals surface area contributed by atoms with Crippen LogP contribution < -0.4 is 10.6 Å². The molecule has 0 saturated heterocycles. The van der Waals surface area contributed by atoms with Gasteiger partial charge in [0.1, 0.15) is 12.1 Å². The first-order valence-corrected chi connectivity index (χ1v) is 12.5. The van der Waals surface area contributed by atoms with Crippen LogP contribution in [-0.4, -0.2) is 41.8 Å². The average Bonchev–Trinajstić information content (AvgIpc) is 3.60. The highest BCUT2D eigenvalue weighted by molar-refractivity contribution is 5.90. The molecule has 2 unspecified atom stereocenters. The van der Waals surface area contributed by atoms with Crippen LogP contribution in [0.1, 0.15) is 63.0 Å².